The minimum absolute atomic E-state index is 0.347. The maximum atomic E-state index is 10.1. The molecule has 2 aromatic rings. The quantitative estimate of drug-likeness (QED) is 0.826. The molecular weight excluding hydrogens is 232 g/mol. The second kappa shape index (κ2) is 5.42. The van der Waals surface area contributed by atoms with Crippen molar-refractivity contribution in [2.24, 2.45) is 0 Å². The number of aliphatic hydroxyl groups is 1. The number of nitrogens with zero attached hydrogens (tertiary/aromatic N) is 3. The van der Waals surface area contributed by atoms with E-state index >= 15 is 0 Å². The van der Waals surface area contributed by atoms with E-state index in [0.717, 1.165) is 5.56 Å². The lowest BCUT2D eigenvalue weighted by Crippen LogP contribution is -2.07. The Morgan fingerprint density at radius 1 is 1.44 bits per heavy atom. The molecule has 0 aliphatic heterocycles. The van der Waals surface area contributed by atoms with Crippen LogP contribution in [0.5, 0.6) is 5.88 Å². The summed E-state index contributed by atoms with van der Waals surface area (Å²) < 4.78 is 4.98. The van der Waals surface area contributed by atoms with Crippen molar-refractivity contribution in [1.29, 1.82) is 0 Å². The molecular formula is C12H14N4O2. The van der Waals surface area contributed by atoms with Crippen LogP contribution in [0.25, 0.3) is 0 Å². The average Bonchev–Trinajstić information content (AvgIpc) is 2.41. The van der Waals surface area contributed by atoms with Crippen molar-refractivity contribution >= 4 is 5.69 Å². The minimum Gasteiger partial charge on any atom is -0.481 e. The monoisotopic (exact) mass is 246 g/mol. The minimum atomic E-state index is -0.770. The number of aromatic nitrogens is 3. The summed E-state index contributed by atoms with van der Waals surface area (Å²) in [5, 5.41) is 10.1. The Labute approximate surface area is 104 Å². The number of aliphatic hydroxyl groups excluding tert-OH is 1. The molecule has 94 valence electrons. The summed E-state index contributed by atoms with van der Waals surface area (Å²) in [6.07, 6.45) is 4.17. The third kappa shape index (κ3) is 2.72. The summed E-state index contributed by atoms with van der Waals surface area (Å²) >= 11 is 0. The van der Waals surface area contributed by atoms with E-state index < -0.39 is 6.10 Å². The van der Waals surface area contributed by atoms with Crippen LogP contribution in [0.3, 0.4) is 0 Å². The fraction of sp³-hybridized carbons (Fsp3) is 0.250. The summed E-state index contributed by atoms with van der Waals surface area (Å²) in [6.45, 7) is 0. The topological polar surface area (TPSA) is 94.2 Å². The van der Waals surface area contributed by atoms with Gasteiger partial charge in [0, 0.05) is 30.6 Å². The van der Waals surface area contributed by atoms with Gasteiger partial charge >= 0.3 is 0 Å². The SMILES string of the molecule is COc1cc(C(O)Cc2cnccc2N)ncn1. The lowest BCUT2D eigenvalue weighted by atomic mass is 10.1. The van der Waals surface area contributed by atoms with Crippen LogP contribution in [-0.4, -0.2) is 27.2 Å². The molecule has 2 heterocycles. The Hall–Kier alpha value is -2.21. The Bertz CT molecular complexity index is 533. The summed E-state index contributed by atoms with van der Waals surface area (Å²) in [7, 11) is 1.51. The van der Waals surface area contributed by atoms with Gasteiger partial charge in [0.1, 0.15) is 12.4 Å². The molecule has 6 heteroatoms. The molecule has 0 aromatic carbocycles. The summed E-state index contributed by atoms with van der Waals surface area (Å²) in [4.78, 5) is 11.9. The van der Waals surface area contributed by atoms with Gasteiger partial charge in [-0.05, 0) is 11.6 Å². The first-order valence-electron chi connectivity index (χ1n) is 5.43. The number of ether oxygens (including phenoxy) is 1. The molecule has 3 N–H and O–H groups in total. The van der Waals surface area contributed by atoms with Crippen LogP contribution in [0.15, 0.2) is 30.9 Å². The molecule has 18 heavy (non-hydrogen) atoms. The van der Waals surface area contributed by atoms with Crippen LogP contribution in [0.2, 0.25) is 0 Å². The standard InChI is InChI=1S/C12H14N4O2/c1-18-12-5-10(15-7-16-12)11(17)4-8-6-14-3-2-9(8)13/h2-3,5-7,11,17H,4H2,1H3,(H2,13,14). The van der Waals surface area contributed by atoms with E-state index in [1.165, 1.54) is 13.4 Å². The number of pyridine rings is 1. The summed E-state index contributed by atoms with van der Waals surface area (Å²) in [6, 6.07) is 3.29. The molecule has 6 nitrogen and oxygen atoms in total. The lowest BCUT2D eigenvalue weighted by molar-refractivity contribution is 0.173. The van der Waals surface area contributed by atoms with E-state index in [1.807, 2.05) is 0 Å². The highest BCUT2D eigenvalue weighted by Crippen LogP contribution is 2.21. The van der Waals surface area contributed by atoms with E-state index in [0.29, 0.717) is 23.7 Å². The van der Waals surface area contributed by atoms with E-state index in [-0.39, 0.29) is 0 Å². The van der Waals surface area contributed by atoms with Crippen LogP contribution in [-0.2, 0) is 6.42 Å². The van der Waals surface area contributed by atoms with Crippen molar-refractivity contribution < 1.29 is 9.84 Å². The Balaban J connectivity index is 2.16. The third-order valence-corrected chi connectivity index (χ3v) is 2.57. The van der Waals surface area contributed by atoms with Crippen molar-refractivity contribution in [3.8, 4) is 5.88 Å². The lowest BCUT2D eigenvalue weighted by Gasteiger charge is -2.11. The molecule has 0 saturated carbocycles. The molecule has 2 rings (SSSR count). The number of hydrogen-bond acceptors (Lipinski definition) is 6. The van der Waals surface area contributed by atoms with Crippen LogP contribution in [0.1, 0.15) is 17.4 Å². The van der Waals surface area contributed by atoms with Gasteiger partial charge in [0.25, 0.3) is 0 Å². The van der Waals surface area contributed by atoms with Gasteiger partial charge in [-0.15, -0.1) is 0 Å². The molecule has 2 aromatic heterocycles. The highest BCUT2D eigenvalue weighted by molar-refractivity contribution is 5.44. The fourth-order valence-electron chi connectivity index (χ4n) is 1.57. The zero-order valence-electron chi connectivity index (χ0n) is 9.95. The molecule has 0 spiro atoms. The van der Waals surface area contributed by atoms with E-state index in [1.54, 1.807) is 24.5 Å². The van der Waals surface area contributed by atoms with E-state index in [9.17, 15) is 5.11 Å². The zero-order valence-corrected chi connectivity index (χ0v) is 9.95. The van der Waals surface area contributed by atoms with Gasteiger partial charge in [-0.1, -0.05) is 0 Å². The van der Waals surface area contributed by atoms with Crippen LogP contribution in [0.4, 0.5) is 5.69 Å². The molecule has 0 bridgehead atoms. The number of rotatable bonds is 4. The first-order chi connectivity index (χ1) is 8.70. The van der Waals surface area contributed by atoms with Gasteiger partial charge < -0.3 is 15.6 Å². The van der Waals surface area contributed by atoms with Gasteiger partial charge in [0.15, 0.2) is 0 Å². The molecule has 0 amide bonds. The predicted molar refractivity (Wildman–Crippen MR) is 65.9 cm³/mol. The molecule has 0 saturated heterocycles. The molecule has 0 aliphatic rings. The number of hydrogen-bond donors (Lipinski definition) is 2. The molecule has 1 atom stereocenters. The fourth-order valence-corrected chi connectivity index (χ4v) is 1.57. The highest BCUT2D eigenvalue weighted by atomic mass is 16.5. The first-order valence-corrected chi connectivity index (χ1v) is 5.43. The average molecular weight is 246 g/mol. The summed E-state index contributed by atoms with van der Waals surface area (Å²) in [5.74, 6) is 0.415. The Morgan fingerprint density at radius 3 is 3.00 bits per heavy atom. The van der Waals surface area contributed by atoms with Crippen molar-refractivity contribution in [2.45, 2.75) is 12.5 Å². The molecule has 0 fully saturated rings. The van der Waals surface area contributed by atoms with Crippen molar-refractivity contribution in [1.82, 2.24) is 15.0 Å². The molecule has 1 unspecified atom stereocenters. The van der Waals surface area contributed by atoms with Gasteiger partial charge in [0.05, 0.1) is 12.8 Å². The van der Waals surface area contributed by atoms with Gasteiger partial charge in [-0.2, -0.15) is 0 Å². The highest BCUT2D eigenvalue weighted by Gasteiger charge is 2.13. The number of methoxy groups -OCH3 is 1. The molecule has 0 radical (unpaired) electrons. The van der Waals surface area contributed by atoms with E-state index in [4.69, 9.17) is 10.5 Å². The second-order valence-corrected chi connectivity index (χ2v) is 3.78. The predicted octanol–water partition coefficient (Wildman–Crippen LogP) is 0.738. The molecule has 0 aliphatic carbocycles. The van der Waals surface area contributed by atoms with Crippen LogP contribution in [0, 0.1) is 0 Å². The normalized spacial score (nSPS) is 12.1. The first kappa shape index (κ1) is 12.3. The van der Waals surface area contributed by atoms with E-state index in [2.05, 4.69) is 15.0 Å². The third-order valence-electron chi connectivity index (χ3n) is 2.57. The number of nitrogens with two attached hydrogens (primary N) is 1. The maximum absolute atomic E-state index is 10.1. The van der Waals surface area contributed by atoms with Gasteiger partial charge in [0.2, 0.25) is 5.88 Å². The van der Waals surface area contributed by atoms with Gasteiger partial charge in [-0.3, -0.25) is 4.98 Å². The second-order valence-electron chi connectivity index (χ2n) is 3.78. The Kier molecular flexibility index (Phi) is 3.69. The smallest absolute Gasteiger partial charge is 0.216 e. The number of nitrogen functional groups attached to an aromatic ring is 1. The van der Waals surface area contributed by atoms with Crippen molar-refractivity contribution in [3.05, 3.63) is 42.1 Å². The maximum Gasteiger partial charge on any atom is 0.216 e. The van der Waals surface area contributed by atoms with Gasteiger partial charge in [-0.25, -0.2) is 9.97 Å². The van der Waals surface area contributed by atoms with Crippen LogP contribution >= 0.6 is 0 Å². The van der Waals surface area contributed by atoms with Crippen molar-refractivity contribution in [3.63, 3.8) is 0 Å². The van der Waals surface area contributed by atoms with Crippen LogP contribution < -0.4 is 10.5 Å². The number of anilines is 1. The largest absolute Gasteiger partial charge is 0.481 e. The van der Waals surface area contributed by atoms with Crippen molar-refractivity contribution in [2.75, 3.05) is 12.8 Å². The zero-order chi connectivity index (χ0) is 13.0. The summed E-state index contributed by atoms with van der Waals surface area (Å²) in [5.41, 5.74) is 7.67. The Morgan fingerprint density at radius 2 is 2.28 bits per heavy atom.